The van der Waals surface area contributed by atoms with Crippen LogP contribution in [-0.2, 0) is 10.4 Å². The molecule has 1 N–H and O–H groups in total. The SMILES string of the molecule is CC(=O)Oc1cccc(C(C)(O)CC(F)(F)C(F)(F)F)c1. The van der Waals surface area contributed by atoms with Gasteiger partial charge in [0.15, 0.2) is 0 Å². The van der Waals surface area contributed by atoms with Crippen LogP contribution in [0.1, 0.15) is 25.8 Å². The molecule has 0 spiro atoms. The van der Waals surface area contributed by atoms with Crippen molar-refractivity contribution in [2.45, 2.75) is 38.0 Å². The van der Waals surface area contributed by atoms with E-state index in [-0.39, 0.29) is 11.3 Å². The number of halogens is 5. The van der Waals surface area contributed by atoms with Crippen molar-refractivity contribution in [3.8, 4) is 5.75 Å². The first-order chi connectivity index (χ1) is 9.35. The van der Waals surface area contributed by atoms with Crippen LogP contribution in [0.25, 0.3) is 0 Å². The summed E-state index contributed by atoms with van der Waals surface area (Å²) in [4.78, 5) is 10.8. The lowest BCUT2D eigenvalue weighted by molar-refractivity contribution is -0.296. The second-order valence-corrected chi connectivity index (χ2v) is 4.77. The van der Waals surface area contributed by atoms with Gasteiger partial charge in [-0.3, -0.25) is 4.79 Å². The van der Waals surface area contributed by atoms with Gasteiger partial charge in [-0.15, -0.1) is 0 Å². The molecule has 0 saturated heterocycles. The van der Waals surface area contributed by atoms with E-state index in [0.29, 0.717) is 0 Å². The van der Waals surface area contributed by atoms with Gasteiger partial charge in [-0.1, -0.05) is 12.1 Å². The Balaban J connectivity index is 3.05. The molecule has 0 aliphatic rings. The maximum atomic E-state index is 13.1. The molecular weight excluding hydrogens is 299 g/mol. The summed E-state index contributed by atoms with van der Waals surface area (Å²) < 4.78 is 67.4. The number of esters is 1. The van der Waals surface area contributed by atoms with Crippen molar-refractivity contribution >= 4 is 5.97 Å². The molecule has 0 fully saturated rings. The van der Waals surface area contributed by atoms with E-state index in [0.717, 1.165) is 19.9 Å². The van der Waals surface area contributed by atoms with E-state index in [2.05, 4.69) is 4.74 Å². The molecule has 0 bridgehead atoms. The van der Waals surface area contributed by atoms with Crippen LogP contribution in [0.5, 0.6) is 5.75 Å². The number of aliphatic hydroxyl groups is 1. The average molecular weight is 312 g/mol. The van der Waals surface area contributed by atoms with E-state index in [4.69, 9.17) is 0 Å². The quantitative estimate of drug-likeness (QED) is 0.526. The summed E-state index contributed by atoms with van der Waals surface area (Å²) in [5.41, 5.74) is -2.67. The first-order valence-electron chi connectivity index (χ1n) is 5.81. The van der Waals surface area contributed by atoms with Gasteiger partial charge in [-0.2, -0.15) is 22.0 Å². The molecule has 0 aromatic heterocycles. The first-order valence-corrected chi connectivity index (χ1v) is 5.81. The fourth-order valence-electron chi connectivity index (χ4n) is 1.70. The van der Waals surface area contributed by atoms with Crippen molar-refractivity contribution in [3.63, 3.8) is 0 Å². The molecule has 1 aromatic rings. The number of hydrogen-bond acceptors (Lipinski definition) is 3. The lowest BCUT2D eigenvalue weighted by Crippen LogP contribution is -2.42. The van der Waals surface area contributed by atoms with Gasteiger partial charge in [-0.25, -0.2) is 0 Å². The molecule has 0 heterocycles. The average Bonchev–Trinajstić information content (AvgIpc) is 2.25. The molecule has 1 unspecified atom stereocenters. The van der Waals surface area contributed by atoms with Crippen LogP contribution in [0.2, 0.25) is 0 Å². The fraction of sp³-hybridized carbons (Fsp3) is 0.462. The topological polar surface area (TPSA) is 46.5 Å². The zero-order valence-corrected chi connectivity index (χ0v) is 11.2. The standard InChI is InChI=1S/C13H13F5O3/c1-8(19)21-10-5-3-4-9(6-10)11(2,20)7-12(14,15)13(16,17)18/h3-6,20H,7H2,1-2H3. The van der Waals surface area contributed by atoms with Crippen molar-refractivity contribution in [1.82, 2.24) is 0 Å². The van der Waals surface area contributed by atoms with Crippen molar-refractivity contribution in [1.29, 1.82) is 0 Å². The summed E-state index contributed by atoms with van der Waals surface area (Å²) in [6.45, 7) is 1.93. The fourth-order valence-corrected chi connectivity index (χ4v) is 1.70. The van der Waals surface area contributed by atoms with Gasteiger partial charge >= 0.3 is 18.1 Å². The molecule has 0 aliphatic carbocycles. The highest BCUT2D eigenvalue weighted by Crippen LogP contribution is 2.44. The summed E-state index contributed by atoms with van der Waals surface area (Å²) >= 11 is 0. The van der Waals surface area contributed by atoms with Crippen molar-refractivity contribution in [3.05, 3.63) is 29.8 Å². The van der Waals surface area contributed by atoms with Crippen LogP contribution >= 0.6 is 0 Å². The molecule has 1 aromatic carbocycles. The summed E-state index contributed by atoms with van der Waals surface area (Å²) in [5, 5.41) is 9.92. The van der Waals surface area contributed by atoms with Gasteiger partial charge in [-0.05, 0) is 24.6 Å². The van der Waals surface area contributed by atoms with E-state index in [1.54, 1.807) is 0 Å². The minimum absolute atomic E-state index is 0.0596. The number of alkyl halides is 5. The van der Waals surface area contributed by atoms with Gasteiger partial charge in [0.05, 0.1) is 12.0 Å². The number of carbonyl (C=O) groups excluding carboxylic acids is 1. The number of hydrogen-bond donors (Lipinski definition) is 1. The first kappa shape index (κ1) is 17.4. The Morgan fingerprint density at radius 3 is 2.29 bits per heavy atom. The molecule has 0 aliphatic heterocycles. The predicted octanol–water partition coefficient (Wildman–Crippen LogP) is 3.41. The van der Waals surface area contributed by atoms with Gasteiger partial charge in [0, 0.05) is 6.92 Å². The highest BCUT2D eigenvalue weighted by molar-refractivity contribution is 5.69. The minimum atomic E-state index is -5.76. The van der Waals surface area contributed by atoms with E-state index in [1.165, 1.54) is 18.2 Å². The van der Waals surface area contributed by atoms with Crippen molar-refractivity contribution < 1.29 is 36.6 Å². The molecule has 0 amide bonds. The number of carbonyl (C=O) groups is 1. The minimum Gasteiger partial charge on any atom is -0.427 e. The number of ether oxygens (including phenoxy) is 1. The van der Waals surface area contributed by atoms with Crippen molar-refractivity contribution in [2.75, 3.05) is 0 Å². The van der Waals surface area contributed by atoms with Gasteiger partial charge < -0.3 is 9.84 Å². The Morgan fingerprint density at radius 1 is 1.24 bits per heavy atom. The van der Waals surface area contributed by atoms with Crippen LogP contribution in [0.15, 0.2) is 24.3 Å². The Morgan fingerprint density at radius 2 is 1.81 bits per heavy atom. The van der Waals surface area contributed by atoms with E-state index in [1.807, 2.05) is 0 Å². The maximum absolute atomic E-state index is 13.1. The largest absolute Gasteiger partial charge is 0.453 e. The second-order valence-electron chi connectivity index (χ2n) is 4.77. The van der Waals surface area contributed by atoms with E-state index >= 15 is 0 Å². The molecule has 118 valence electrons. The Bertz CT molecular complexity index is 523. The van der Waals surface area contributed by atoms with E-state index in [9.17, 15) is 31.9 Å². The van der Waals surface area contributed by atoms with Gasteiger partial charge in [0.1, 0.15) is 5.75 Å². The highest BCUT2D eigenvalue weighted by Gasteiger charge is 2.60. The second kappa shape index (κ2) is 5.59. The summed E-state index contributed by atoms with van der Waals surface area (Å²) in [6.07, 6.45) is -7.60. The summed E-state index contributed by atoms with van der Waals surface area (Å²) in [6, 6.07) is 4.78. The van der Waals surface area contributed by atoms with Crippen LogP contribution in [-0.4, -0.2) is 23.2 Å². The lowest BCUT2D eigenvalue weighted by atomic mass is 9.89. The monoisotopic (exact) mass is 312 g/mol. The van der Waals surface area contributed by atoms with E-state index < -0.39 is 30.1 Å². The smallest absolute Gasteiger partial charge is 0.427 e. The highest BCUT2D eigenvalue weighted by atomic mass is 19.4. The van der Waals surface area contributed by atoms with Gasteiger partial charge in [0.2, 0.25) is 0 Å². The van der Waals surface area contributed by atoms with Crippen LogP contribution in [0.3, 0.4) is 0 Å². The molecule has 21 heavy (non-hydrogen) atoms. The third kappa shape index (κ3) is 4.38. The molecule has 3 nitrogen and oxygen atoms in total. The normalized spacial score (nSPS) is 15.4. The molecular formula is C13H13F5O3. The van der Waals surface area contributed by atoms with Crippen LogP contribution in [0, 0.1) is 0 Å². The van der Waals surface area contributed by atoms with Crippen LogP contribution < -0.4 is 4.74 Å². The third-order valence-corrected chi connectivity index (χ3v) is 2.70. The maximum Gasteiger partial charge on any atom is 0.453 e. The molecule has 0 saturated carbocycles. The zero-order chi connectivity index (χ0) is 16.5. The zero-order valence-electron chi connectivity index (χ0n) is 11.2. The van der Waals surface area contributed by atoms with Crippen LogP contribution in [0.4, 0.5) is 22.0 Å². The number of rotatable bonds is 4. The third-order valence-electron chi connectivity index (χ3n) is 2.70. The lowest BCUT2D eigenvalue weighted by Gasteiger charge is -2.30. The Hall–Kier alpha value is -1.70. The summed E-state index contributed by atoms with van der Waals surface area (Å²) in [7, 11) is 0. The summed E-state index contributed by atoms with van der Waals surface area (Å²) in [5.74, 6) is -5.79. The van der Waals surface area contributed by atoms with Gasteiger partial charge in [0.25, 0.3) is 0 Å². The van der Waals surface area contributed by atoms with Crippen molar-refractivity contribution in [2.24, 2.45) is 0 Å². The molecule has 1 rings (SSSR count). The molecule has 0 radical (unpaired) electrons. The molecule has 1 atom stereocenters. The Labute approximate surface area is 117 Å². The number of benzene rings is 1. The predicted molar refractivity (Wildman–Crippen MR) is 62.9 cm³/mol. The Kier molecular flexibility index (Phi) is 4.62. The molecule has 8 heteroatoms.